The van der Waals surface area contributed by atoms with Gasteiger partial charge in [0, 0.05) is 10.6 Å². The lowest BCUT2D eigenvalue weighted by atomic mass is 10.0. The van der Waals surface area contributed by atoms with Crippen LogP contribution in [-0.2, 0) is 9.53 Å². The van der Waals surface area contributed by atoms with Crippen LogP contribution in [0, 0.1) is 10.7 Å². The summed E-state index contributed by atoms with van der Waals surface area (Å²) in [5, 5.41) is 3.09. The lowest BCUT2D eigenvalue weighted by Gasteiger charge is -2.10. The van der Waals surface area contributed by atoms with Crippen molar-refractivity contribution in [3.05, 3.63) is 39.0 Å². The van der Waals surface area contributed by atoms with Crippen LogP contribution in [0.3, 0.4) is 0 Å². The van der Waals surface area contributed by atoms with Crippen LogP contribution in [0.2, 0.25) is 5.02 Å². The lowest BCUT2D eigenvalue weighted by Crippen LogP contribution is -2.11. The maximum Gasteiger partial charge on any atom is 0.313 e. The molecule has 1 aliphatic rings. The third kappa shape index (κ3) is 1.80. The number of carbonyl (C=O) groups is 1. The van der Waals surface area contributed by atoms with Crippen LogP contribution in [-0.4, -0.2) is 13.1 Å². The number of ether oxygens (including phenoxy) is 1. The average Bonchev–Trinajstić information content (AvgIpc) is 2.73. The molecule has 0 aliphatic heterocycles. The highest BCUT2D eigenvalue weighted by atomic mass is 35.5. The second-order valence-electron chi connectivity index (χ2n) is 3.79. The zero-order valence-electron chi connectivity index (χ0n) is 8.94. The molecule has 2 unspecified atom stereocenters. The Kier molecular flexibility index (Phi) is 3.11. The van der Waals surface area contributed by atoms with E-state index in [-0.39, 0.29) is 17.0 Å². The van der Waals surface area contributed by atoms with E-state index in [9.17, 15) is 14.1 Å². The molecule has 0 aromatic heterocycles. The van der Waals surface area contributed by atoms with Gasteiger partial charge in [-0.25, -0.2) is 4.39 Å². The highest BCUT2D eigenvalue weighted by Gasteiger charge is 2.40. The van der Waals surface area contributed by atoms with Gasteiger partial charge in [0.05, 0.1) is 13.0 Å². The van der Waals surface area contributed by atoms with Gasteiger partial charge in [0.15, 0.2) is 0 Å². The van der Waals surface area contributed by atoms with E-state index in [4.69, 9.17) is 11.6 Å². The number of hydrogen-bond donors (Lipinski definition) is 0. The Bertz CT molecular complexity index is 492. The van der Waals surface area contributed by atoms with E-state index in [0.29, 0.717) is 5.56 Å². The zero-order chi connectivity index (χ0) is 12.6. The average molecular weight is 258 g/mol. The highest BCUT2D eigenvalue weighted by molar-refractivity contribution is 6.31. The molecule has 2 atom stereocenters. The van der Waals surface area contributed by atoms with Gasteiger partial charge in [-0.2, -0.15) is 4.91 Å². The first kappa shape index (κ1) is 12.0. The number of halogens is 2. The minimum Gasteiger partial charge on any atom is -0.469 e. The number of nitrogens with zero attached hydrogens (tertiary/aromatic N) is 1. The fourth-order valence-corrected chi connectivity index (χ4v) is 2.48. The number of fused-ring (bicyclic) bond motifs is 1. The largest absolute Gasteiger partial charge is 0.469 e. The Labute approximate surface area is 102 Å². The summed E-state index contributed by atoms with van der Waals surface area (Å²) in [5.41, 5.74) is 0.436. The van der Waals surface area contributed by atoms with Gasteiger partial charge in [0.2, 0.25) is 0 Å². The van der Waals surface area contributed by atoms with Gasteiger partial charge in [-0.05, 0) is 24.1 Å². The molecular formula is C11H9ClFNO3. The normalized spacial score (nSPS) is 22.1. The molecule has 1 aromatic carbocycles. The molecule has 0 heterocycles. The van der Waals surface area contributed by atoms with E-state index in [2.05, 4.69) is 9.91 Å². The SMILES string of the molecule is COC(=O)C1CC(N=O)c2c(F)ccc(Cl)c21. The molecule has 0 bridgehead atoms. The van der Waals surface area contributed by atoms with E-state index in [1.165, 1.54) is 19.2 Å². The first-order valence-corrected chi connectivity index (χ1v) is 5.36. The van der Waals surface area contributed by atoms with Crippen LogP contribution in [0.25, 0.3) is 0 Å². The molecule has 0 saturated carbocycles. The third-order valence-corrected chi connectivity index (χ3v) is 3.26. The van der Waals surface area contributed by atoms with Crippen molar-refractivity contribution in [3.63, 3.8) is 0 Å². The number of rotatable bonds is 2. The fraction of sp³-hybridized carbons (Fsp3) is 0.364. The van der Waals surface area contributed by atoms with Crippen LogP contribution in [0.5, 0.6) is 0 Å². The molecule has 90 valence electrons. The van der Waals surface area contributed by atoms with Crippen molar-refractivity contribution in [2.75, 3.05) is 7.11 Å². The van der Waals surface area contributed by atoms with Crippen LogP contribution in [0.15, 0.2) is 17.3 Å². The smallest absolute Gasteiger partial charge is 0.313 e. The third-order valence-electron chi connectivity index (χ3n) is 2.93. The number of benzene rings is 1. The summed E-state index contributed by atoms with van der Waals surface area (Å²) in [6.07, 6.45) is 0.103. The molecule has 0 N–H and O–H groups in total. The van der Waals surface area contributed by atoms with Crippen molar-refractivity contribution in [2.45, 2.75) is 18.4 Å². The van der Waals surface area contributed by atoms with Gasteiger partial charge in [-0.15, -0.1) is 0 Å². The molecule has 0 radical (unpaired) electrons. The summed E-state index contributed by atoms with van der Waals surface area (Å²) >= 11 is 5.94. The molecule has 4 nitrogen and oxygen atoms in total. The lowest BCUT2D eigenvalue weighted by molar-refractivity contribution is -0.142. The van der Waals surface area contributed by atoms with Crippen molar-refractivity contribution in [2.24, 2.45) is 5.18 Å². The Morgan fingerprint density at radius 1 is 1.53 bits per heavy atom. The summed E-state index contributed by atoms with van der Waals surface area (Å²) in [4.78, 5) is 22.2. The van der Waals surface area contributed by atoms with Gasteiger partial charge < -0.3 is 4.74 Å². The molecule has 0 amide bonds. The van der Waals surface area contributed by atoms with Crippen molar-refractivity contribution in [1.29, 1.82) is 0 Å². The maximum absolute atomic E-state index is 13.6. The van der Waals surface area contributed by atoms with Crippen molar-refractivity contribution in [1.82, 2.24) is 0 Å². The summed E-state index contributed by atoms with van der Waals surface area (Å²) in [6, 6.07) is 1.64. The van der Waals surface area contributed by atoms with Crippen LogP contribution >= 0.6 is 11.6 Å². The second-order valence-corrected chi connectivity index (χ2v) is 4.20. The van der Waals surface area contributed by atoms with Crippen molar-refractivity contribution in [3.8, 4) is 0 Å². The minimum absolute atomic E-state index is 0.103. The molecule has 6 heteroatoms. The van der Waals surface area contributed by atoms with Crippen molar-refractivity contribution < 1.29 is 13.9 Å². The van der Waals surface area contributed by atoms with E-state index in [1.807, 2.05) is 0 Å². The minimum atomic E-state index is -0.882. The van der Waals surface area contributed by atoms with Gasteiger partial charge in [0.1, 0.15) is 11.9 Å². The van der Waals surface area contributed by atoms with Crippen LogP contribution in [0.4, 0.5) is 4.39 Å². The molecule has 1 aliphatic carbocycles. The molecule has 1 aromatic rings. The van der Waals surface area contributed by atoms with Gasteiger partial charge in [0.25, 0.3) is 0 Å². The predicted molar refractivity (Wildman–Crippen MR) is 59.3 cm³/mol. The summed E-state index contributed by atoms with van der Waals surface area (Å²) in [5.74, 6) is -1.83. The standard InChI is InChI=1S/C11H9ClFNO3/c1-17-11(15)5-4-8(14-16)10-7(13)3-2-6(12)9(5)10/h2-3,5,8H,4H2,1H3. The maximum atomic E-state index is 13.6. The second kappa shape index (κ2) is 4.41. The van der Waals surface area contributed by atoms with E-state index in [1.54, 1.807) is 0 Å². The molecule has 2 rings (SSSR count). The number of hydrogen-bond acceptors (Lipinski definition) is 4. The number of methoxy groups -OCH3 is 1. The van der Waals surface area contributed by atoms with E-state index >= 15 is 0 Å². The summed E-state index contributed by atoms with van der Waals surface area (Å²) in [6.45, 7) is 0. The predicted octanol–water partition coefficient (Wildman–Crippen LogP) is 2.95. The first-order valence-electron chi connectivity index (χ1n) is 4.98. The van der Waals surface area contributed by atoms with Crippen LogP contribution in [0.1, 0.15) is 29.5 Å². The number of carbonyl (C=O) groups excluding carboxylic acids is 1. The van der Waals surface area contributed by atoms with E-state index in [0.717, 1.165) is 0 Å². The van der Waals surface area contributed by atoms with Gasteiger partial charge >= 0.3 is 5.97 Å². The Morgan fingerprint density at radius 3 is 2.82 bits per heavy atom. The zero-order valence-corrected chi connectivity index (χ0v) is 9.70. The first-order chi connectivity index (χ1) is 8.10. The molecule has 0 fully saturated rings. The highest BCUT2D eigenvalue weighted by Crippen LogP contribution is 2.47. The monoisotopic (exact) mass is 257 g/mol. The Hall–Kier alpha value is -1.49. The topological polar surface area (TPSA) is 55.7 Å². The van der Waals surface area contributed by atoms with Gasteiger partial charge in [-0.3, -0.25) is 4.79 Å². The Morgan fingerprint density at radius 2 is 2.24 bits per heavy atom. The van der Waals surface area contributed by atoms with Crippen molar-refractivity contribution >= 4 is 17.6 Å². The number of esters is 1. The number of nitroso groups, excluding NO2 is 1. The molecule has 0 spiro atoms. The molecular weight excluding hydrogens is 249 g/mol. The van der Waals surface area contributed by atoms with Gasteiger partial charge in [-0.1, -0.05) is 16.8 Å². The van der Waals surface area contributed by atoms with Crippen LogP contribution < -0.4 is 0 Å². The van der Waals surface area contributed by atoms with E-state index < -0.39 is 23.7 Å². The Balaban J connectivity index is 2.59. The molecule has 0 saturated heterocycles. The fourth-order valence-electron chi connectivity index (χ4n) is 2.19. The summed E-state index contributed by atoms with van der Waals surface area (Å²) < 4.78 is 18.3. The molecule has 17 heavy (non-hydrogen) atoms. The summed E-state index contributed by atoms with van der Waals surface area (Å²) in [7, 11) is 1.23. The quantitative estimate of drug-likeness (QED) is 0.605.